The molecular weight excluding hydrogens is 585 g/mol. The number of fused-ring (bicyclic) bond motifs is 1. The summed E-state index contributed by atoms with van der Waals surface area (Å²) in [4.78, 5) is 25.3. The van der Waals surface area contributed by atoms with E-state index in [0.29, 0.717) is 17.4 Å². The Hall–Kier alpha value is -3.30. The van der Waals surface area contributed by atoms with E-state index in [1.54, 1.807) is 32.9 Å². The van der Waals surface area contributed by atoms with Crippen molar-refractivity contribution in [2.75, 3.05) is 25.5 Å². The predicted octanol–water partition coefficient (Wildman–Crippen LogP) is 2.75. The number of hydrazine groups is 1. The predicted molar refractivity (Wildman–Crippen MR) is 152 cm³/mol. The van der Waals surface area contributed by atoms with E-state index in [-0.39, 0.29) is 25.4 Å². The van der Waals surface area contributed by atoms with Crippen molar-refractivity contribution >= 4 is 27.8 Å². The molecule has 2 aliphatic rings. The second kappa shape index (κ2) is 13.6. The maximum atomic E-state index is 13.8. The summed E-state index contributed by atoms with van der Waals surface area (Å²) in [5.41, 5.74) is 7.18. The van der Waals surface area contributed by atoms with E-state index in [0.717, 1.165) is 23.8 Å². The van der Waals surface area contributed by atoms with Crippen molar-refractivity contribution in [3.63, 3.8) is 0 Å². The van der Waals surface area contributed by atoms with Crippen molar-refractivity contribution in [1.29, 1.82) is 0 Å². The van der Waals surface area contributed by atoms with Crippen LogP contribution in [0.2, 0.25) is 0 Å². The number of aliphatic hydroxyl groups excluding tert-OH is 1. The number of nitrogens with zero attached hydrogens (tertiary/aromatic N) is 1. The number of halogens is 1. The van der Waals surface area contributed by atoms with Gasteiger partial charge in [-0.25, -0.2) is 23.0 Å². The minimum atomic E-state index is -4.58. The summed E-state index contributed by atoms with van der Waals surface area (Å²) >= 11 is 0. The molecule has 236 valence electrons. The van der Waals surface area contributed by atoms with Gasteiger partial charge in [0.05, 0.1) is 48.8 Å². The van der Waals surface area contributed by atoms with E-state index < -0.39 is 75.0 Å². The average molecular weight is 624 g/mol. The Balaban J connectivity index is 1.57. The molecule has 14 heteroatoms. The Labute approximate surface area is 250 Å². The quantitative estimate of drug-likeness (QED) is 0.192. The van der Waals surface area contributed by atoms with Gasteiger partial charge in [-0.1, -0.05) is 30.3 Å². The van der Waals surface area contributed by atoms with Crippen LogP contribution in [0, 0.1) is 17.7 Å². The monoisotopic (exact) mass is 623 g/mol. The second-order valence-corrected chi connectivity index (χ2v) is 13.5. The number of anilines is 1. The van der Waals surface area contributed by atoms with E-state index in [1.807, 2.05) is 18.2 Å². The van der Waals surface area contributed by atoms with Crippen molar-refractivity contribution in [1.82, 2.24) is 9.84 Å². The lowest BCUT2D eigenvalue weighted by Crippen LogP contribution is -2.52. The summed E-state index contributed by atoms with van der Waals surface area (Å²) in [7, 11) is -4.58. The van der Waals surface area contributed by atoms with Gasteiger partial charge in [0.2, 0.25) is 0 Å². The molecule has 12 nitrogen and oxygen atoms in total. The van der Waals surface area contributed by atoms with E-state index in [1.165, 1.54) is 0 Å². The van der Waals surface area contributed by atoms with Crippen LogP contribution < -0.4 is 11.2 Å². The van der Waals surface area contributed by atoms with Gasteiger partial charge >= 0.3 is 12.1 Å². The minimum absolute atomic E-state index is 0.0803. The molecule has 0 aromatic heterocycles. The third kappa shape index (κ3) is 8.63. The molecule has 0 spiro atoms. The van der Waals surface area contributed by atoms with Crippen LogP contribution in [0.15, 0.2) is 53.4 Å². The molecule has 43 heavy (non-hydrogen) atoms. The van der Waals surface area contributed by atoms with Gasteiger partial charge in [-0.3, -0.25) is 4.79 Å². The Morgan fingerprint density at radius 3 is 2.58 bits per heavy atom. The van der Waals surface area contributed by atoms with Crippen molar-refractivity contribution < 1.29 is 46.5 Å². The molecule has 4 N–H and O–H groups in total. The fourth-order valence-electron chi connectivity index (χ4n) is 4.97. The molecular formula is C29H38FN3O9S. The molecule has 5 atom stereocenters. The summed E-state index contributed by atoms with van der Waals surface area (Å²) in [6, 6.07) is 11.8. The summed E-state index contributed by atoms with van der Waals surface area (Å²) in [5, 5.41) is 11.4. The van der Waals surface area contributed by atoms with Gasteiger partial charge in [-0.05, 0) is 57.4 Å². The highest BCUT2D eigenvalue weighted by molar-refractivity contribution is 7.89. The number of nitrogen functional groups attached to an aromatic ring is 1. The number of aliphatic hydroxyl groups is 1. The molecule has 0 aliphatic carbocycles. The van der Waals surface area contributed by atoms with Gasteiger partial charge in [-0.15, -0.1) is 4.41 Å². The zero-order valence-corrected chi connectivity index (χ0v) is 25.1. The largest absolute Gasteiger partial charge is 0.459 e. The number of sulfonamides is 1. The smallest absolute Gasteiger partial charge is 0.423 e. The van der Waals surface area contributed by atoms with Crippen LogP contribution in [0.4, 0.5) is 14.9 Å². The number of benzene rings is 2. The summed E-state index contributed by atoms with van der Waals surface area (Å²) in [5.74, 6) is -2.33. The highest BCUT2D eigenvalue weighted by Gasteiger charge is 2.44. The molecule has 0 radical (unpaired) electrons. The lowest BCUT2D eigenvalue weighted by atomic mass is 9.91. The lowest BCUT2D eigenvalue weighted by molar-refractivity contribution is -0.153. The fourth-order valence-corrected chi connectivity index (χ4v) is 6.29. The third-order valence-corrected chi connectivity index (χ3v) is 8.78. The van der Waals surface area contributed by atoms with Crippen molar-refractivity contribution in [3.05, 3.63) is 59.9 Å². The number of nitrogens with one attached hydrogen (secondary N) is 1. The van der Waals surface area contributed by atoms with Crippen LogP contribution in [0.5, 0.6) is 0 Å². The number of hydrogen-bond acceptors (Lipinski definition) is 10. The first kappa shape index (κ1) is 32.6. The van der Waals surface area contributed by atoms with E-state index >= 15 is 0 Å². The van der Waals surface area contributed by atoms with E-state index in [4.69, 9.17) is 24.7 Å². The van der Waals surface area contributed by atoms with Gasteiger partial charge in [0, 0.05) is 5.92 Å². The molecule has 4 rings (SSSR count). The first-order chi connectivity index (χ1) is 20.2. The number of nitrogens with two attached hydrogens (primary N) is 1. The second-order valence-electron chi connectivity index (χ2n) is 11.6. The number of esters is 1. The molecule has 2 fully saturated rings. The highest BCUT2D eigenvalue weighted by Crippen LogP contribution is 2.33. The zero-order chi connectivity index (χ0) is 31.4. The number of ether oxygens (including phenoxy) is 4. The molecule has 2 aliphatic heterocycles. The third-order valence-electron chi connectivity index (χ3n) is 7.10. The Bertz CT molecular complexity index is 1390. The van der Waals surface area contributed by atoms with Crippen LogP contribution in [-0.2, 0) is 40.2 Å². The molecule has 0 saturated carbocycles. The summed E-state index contributed by atoms with van der Waals surface area (Å²) in [6.45, 7) is 4.81. The number of rotatable bonds is 11. The van der Waals surface area contributed by atoms with E-state index in [9.17, 15) is 27.5 Å². The molecule has 2 aromatic carbocycles. The van der Waals surface area contributed by atoms with Crippen LogP contribution in [0.25, 0.3) is 0 Å². The van der Waals surface area contributed by atoms with Gasteiger partial charge in [0.15, 0.2) is 6.29 Å². The Morgan fingerprint density at radius 2 is 1.91 bits per heavy atom. The topological polar surface area (TPSA) is 167 Å². The SMILES string of the molecule is CC(C)(C)OC(=O)NN(C[C@@H](O)[C@@H](CC(=O)OC1CO[C@H]2OCCC12)Cc1ccccc1)S(=O)(=O)c1ccc(F)c(N)c1. The van der Waals surface area contributed by atoms with Gasteiger partial charge in [-0.2, -0.15) is 0 Å². The van der Waals surface area contributed by atoms with Gasteiger partial charge in [0.25, 0.3) is 10.0 Å². The molecule has 1 amide bonds. The number of carbonyl (C=O) groups excluding carboxylic acids is 2. The number of carbonyl (C=O) groups is 2. The minimum Gasteiger partial charge on any atom is -0.459 e. The maximum absolute atomic E-state index is 13.8. The van der Waals surface area contributed by atoms with E-state index in [2.05, 4.69) is 5.43 Å². The van der Waals surface area contributed by atoms with Gasteiger partial charge < -0.3 is 29.8 Å². The average Bonchev–Trinajstić information content (AvgIpc) is 3.54. The summed E-state index contributed by atoms with van der Waals surface area (Å²) in [6.07, 6.45) is -2.86. The first-order valence-corrected chi connectivity index (χ1v) is 15.4. The molecule has 2 aromatic rings. The van der Waals surface area contributed by atoms with Crippen LogP contribution in [-0.4, -0.2) is 73.9 Å². The Morgan fingerprint density at radius 1 is 1.19 bits per heavy atom. The molecule has 2 unspecified atom stereocenters. The van der Waals surface area contributed by atoms with Crippen molar-refractivity contribution in [3.8, 4) is 0 Å². The fraction of sp³-hybridized carbons (Fsp3) is 0.517. The lowest BCUT2D eigenvalue weighted by Gasteiger charge is -2.30. The highest BCUT2D eigenvalue weighted by atomic mass is 32.2. The maximum Gasteiger partial charge on any atom is 0.423 e. The summed E-state index contributed by atoms with van der Waals surface area (Å²) < 4.78 is 63.5. The molecule has 0 bridgehead atoms. The van der Waals surface area contributed by atoms with Crippen molar-refractivity contribution in [2.24, 2.45) is 11.8 Å². The standard InChI is InChI=1S/C29H38FN3O9S/c1-29(2,3)42-28(36)32-33(43(37,38)20-9-10-22(30)23(31)15-20)16-24(34)19(13-18-7-5-4-6-8-18)14-26(35)41-25-17-40-27-21(25)11-12-39-27/h4-10,15,19,21,24-25,27,34H,11-14,16-17,31H2,1-3H3,(H,32,36)/t19-,21?,24-,25?,27-/m1/s1. The number of hydrogen-bond donors (Lipinski definition) is 3. The normalized spacial score (nSPS) is 21.7. The molecule has 2 heterocycles. The van der Waals surface area contributed by atoms with Crippen LogP contribution in [0.1, 0.15) is 39.2 Å². The molecule has 2 saturated heterocycles. The van der Waals surface area contributed by atoms with Crippen LogP contribution >= 0.6 is 0 Å². The zero-order valence-electron chi connectivity index (χ0n) is 24.3. The first-order valence-electron chi connectivity index (χ1n) is 13.9. The van der Waals surface area contributed by atoms with Gasteiger partial charge in [0.1, 0.15) is 17.5 Å². The van der Waals surface area contributed by atoms with Crippen molar-refractivity contribution in [2.45, 2.75) is 69.0 Å². The Kier molecular flexibility index (Phi) is 10.3. The number of amides is 1. The van der Waals surface area contributed by atoms with Crippen LogP contribution in [0.3, 0.4) is 0 Å².